The first kappa shape index (κ1) is 10.9. The number of nitrogens with zero attached hydrogens (tertiary/aromatic N) is 2. The minimum Gasteiger partial charge on any atom is -0.363 e. The average Bonchev–Trinajstić information content (AvgIpc) is 2.30. The summed E-state index contributed by atoms with van der Waals surface area (Å²) in [6.45, 7) is 2.07. The standard InChI is InChI=1S/C12H12ClN3/c1-9(10-5-3-2-4-6-10)16-12-7-11(13)14-8-15-12/h2-9H,1H3,(H,14,15,16)/t9-/m1/s1. The summed E-state index contributed by atoms with van der Waals surface area (Å²) in [5.74, 6) is 0.733. The molecule has 0 spiro atoms. The minimum atomic E-state index is 0.187. The third-order valence-electron chi connectivity index (χ3n) is 2.30. The monoisotopic (exact) mass is 233 g/mol. The Balaban J connectivity index is 2.11. The van der Waals surface area contributed by atoms with Crippen LogP contribution < -0.4 is 5.32 Å². The zero-order chi connectivity index (χ0) is 11.4. The van der Waals surface area contributed by atoms with E-state index in [9.17, 15) is 0 Å². The molecule has 0 aliphatic heterocycles. The molecule has 2 aromatic rings. The highest BCUT2D eigenvalue weighted by molar-refractivity contribution is 6.29. The number of hydrogen-bond acceptors (Lipinski definition) is 3. The van der Waals surface area contributed by atoms with Crippen molar-refractivity contribution >= 4 is 17.4 Å². The van der Waals surface area contributed by atoms with Crippen LogP contribution in [-0.4, -0.2) is 9.97 Å². The molecule has 0 aliphatic carbocycles. The molecule has 1 N–H and O–H groups in total. The first-order valence-electron chi connectivity index (χ1n) is 5.05. The van der Waals surface area contributed by atoms with Crippen LogP contribution in [0.1, 0.15) is 18.5 Å². The van der Waals surface area contributed by atoms with E-state index in [1.165, 1.54) is 11.9 Å². The molecular weight excluding hydrogens is 222 g/mol. The highest BCUT2D eigenvalue weighted by Gasteiger charge is 2.05. The van der Waals surface area contributed by atoms with Crippen LogP contribution in [0.5, 0.6) is 0 Å². The number of halogens is 1. The second-order valence-corrected chi connectivity index (χ2v) is 3.89. The maximum Gasteiger partial charge on any atom is 0.134 e. The molecule has 0 unspecified atom stereocenters. The molecule has 1 atom stereocenters. The van der Waals surface area contributed by atoms with Crippen LogP contribution in [0, 0.1) is 0 Å². The van der Waals surface area contributed by atoms with E-state index in [2.05, 4.69) is 34.3 Å². The van der Waals surface area contributed by atoms with Crippen molar-refractivity contribution in [2.45, 2.75) is 13.0 Å². The van der Waals surface area contributed by atoms with E-state index in [1.54, 1.807) is 6.07 Å². The quantitative estimate of drug-likeness (QED) is 0.827. The molecule has 1 aromatic carbocycles. The van der Waals surface area contributed by atoms with E-state index >= 15 is 0 Å². The number of anilines is 1. The number of hydrogen-bond donors (Lipinski definition) is 1. The van der Waals surface area contributed by atoms with Crippen molar-refractivity contribution in [3.63, 3.8) is 0 Å². The van der Waals surface area contributed by atoms with Crippen LogP contribution in [-0.2, 0) is 0 Å². The molecule has 0 amide bonds. The fourth-order valence-electron chi connectivity index (χ4n) is 1.46. The van der Waals surface area contributed by atoms with Crippen molar-refractivity contribution in [3.8, 4) is 0 Å². The Kier molecular flexibility index (Phi) is 3.37. The Morgan fingerprint density at radius 2 is 1.94 bits per heavy atom. The largest absolute Gasteiger partial charge is 0.363 e. The van der Waals surface area contributed by atoms with E-state index in [0.29, 0.717) is 5.15 Å². The minimum absolute atomic E-state index is 0.187. The molecule has 4 heteroatoms. The zero-order valence-electron chi connectivity index (χ0n) is 8.89. The number of benzene rings is 1. The van der Waals surface area contributed by atoms with Gasteiger partial charge in [0.05, 0.1) is 0 Å². The molecule has 1 aromatic heterocycles. The van der Waals surface area contributed by atoms with Gasteiger partial charge in [-0.3, -0.25) is 0 Å². The van der Waals surface area contributed by atoms with Crippen molar-refractivity contribution < 1.29 is 0 Å². The molecule has 0 radical (unpaired) electrons. The summed E-state index contributed by atoms with van der Waals surface area (Å²) in [4.78, 5) is 7.93. The van der Waals surface area contributed by atoms with E-state index in [1.807, 2.05) is 18.2 Å². The Labute approximate surface area is 99.5 Å². The van der Waals surface area contributed by atoms with Crippen LogP contribution in [0.15, 0.2) is 42.7 Å². The van der Waals surface area contributed by atoms with Crippen molar-refractivity contribution in [2.24, 2.45) is 0 Å². The fraction of sp³-hybridized carbons (Fsp3) is 0.167. The molecule has 0 bridgehead atoms. The lowest BCUT2D eigenvalue weighted by Crippen LogP contribution is -2.07. The van der Waals surface area contributed by atoms with Crippen molar-refractivity contribution in [1.82, 2.24) is 9.97 Å². The van der Waals surface area contributed by atoms with Crippen LogP contribution in [0.25, 0.3) is 0 Å². The van der Waals surface area contributed by atoms with Gasteiger partial charge in [0.1, 0.15) is 17.3 Å². The van der Waals surface area contributed by atoms with Crippen LogP contribution >= 0.6 is 11.6 Å². The highest BCUT2D eigenvalue weighted by Crippen LogP contribution is 2.18. The average molecular weight is 234 g/mol. The van der Waals surface area contributed by atoms with Gasteiger partial charge in [0.2, 0.25) is 0 Å². The zero-order valence-corrected chi connectivity index (χ0v) is 9.65. The van der Waals surface area contributed by atoms with E-state index in [-0.39, 0.29) is 6.04 Å². The molecular formula is C12H12ClN3. The SMILES string of the molecule is C[C@@H](Nc1cc(Cl)ncn1)c1ccccc1. The summed E-state index contributed by atoms with van der Waals surface area (Å²) in [7, 11) is 0. The van der Waals surface area contributed by atoms with Gasteiger partial charge in [-0.1, -0.05) is 41.9 Å². The van der Waals surface area contributed by atoms with Gasteiger partial charge in [-0.15, -0.1) is 0 Å². The van der Waals surface area contributed by atoms with Gasteiger partial charge in [0.15, 0.2) is 0 Å². The highest BCUT2D eigenvalue weighted by atomic mass is 35.5. The summed E-state index contributed by atoms with van der Waals surface area (Å²) >= 11 is 5.78. The maximum atomic E-state index is 5.78. The Morgan fingerprint density at radius 1 is 1.19 bits per heavy atom. The molecule has 16 heavy (non-hydrogen) atoms. The first-order chi connectivity index (χ1) is 7.75. The lowest BCUT2D eigenvalue weighted by molar-refractivity contribution is 0.872. The molecule has 0 saturated carbocycles. The molecule has 0 fully saturated rings. The van der Waals surface area contributed by atoms with Crippen molar-refractivity contribution in [1.29, 1.82) is 0 Å². The van der Waals surface area contributed by atoms with Gasteiger partial charge in [0.25, 0.3) is 0 Å². The predicted molar refractivity (Wildman–Crippen MR) is 65.5 cm³/mol. The Bertz CT molecular complexity index is 459. The lowest BCUT2D eigenvalue weighted by atomic mass is 10.1. The van der Waals surface area contributed by atoms with E-state index < -0.39 is 0 Å². The number of aromatic nitrogens is 2. The molecule has 82 valence electrons. The third kappa shape index (κ3) is 2.70. The predicted octanol–water partition coefficient (Wildman–Crippen LogP) is 3.30. The lowest BCUT2D eigenvalue weighted by Gasteiger charge is -2.14. The second-order valence-electron chi connectivity index (χ2n) is 3.50. The topological polar surface area (TPSA) is 37.8 Å². The number of nitrogens with one attached hydrogen (secondary N) is 1. The van der Waals surface area contributed by atoms with Crippen molar-refractivity contribution in [3.05, 3.63) is 53.4 Å². The van der Waals surface area contributed by atoms with Crippen LogP contribution in [0.3, 0.4) is 0 Å². The molecule has 2 rings (SSSR count). The molecule has 1 heterocycles. The number of rotatable bonds is 3. The van der Waals surface area contributed by atoms with Gasteiger partial charge in [0, 0.05) is 12.1 Å². The normalized spacial score (nSPS) is 12.1. The smallest absolute Gasteiger partial charge is 0.134 e. The fourth-order valence-corrected chi connectivity index (χ4v) is 1.61. The summed E-state index contributed by atoms with van der Waals surface area (Å²) in [5.41, 5.74) is 1.21. The molecule has 0 aliphatic rings. The molecule has 0 saturated heterocycles. The second kappa shape index (κ2) is 4.94. The first-order valence-corrected chi connectivity index (χ1v) is 5.42. The maximum absolute atomic E-state index is 5.78. The Hall–Kier alpha value is -1.61. The van der Waals surface area contributed by atoms with E-state index in [4.69, 9.17) is 11.6 Å². The summed E-state index contributed by atoms with van der Waals surface area (Å²) in [6, 6.07) is 12.1. The van der Waals surface area contributed by atoms with Crippen molar-refractivity contribution in [2.75, 3.05) is 5.32 Å². The van der Waals surface area contributed by atoms with Gasteiger partial charge >= 0.3 is 0 Å². The third-order valence-corrected chi connectivity index (χ3v) is 2.50. The van der Waals surface area contributed by atoms with E-state index in [0.717, 1.165) is 5.82 Å². The Morgan fingerprint density at radius 3 is 2.62 bits per heavy atom. The van der Waals surface area contributed by atoms with Crippen LogP contribution in [0.2, 0.25) is 5.15 Å². The summed E-state index contributed by atoms with van der Waals surface area (Å²) < 4.78 is 0. The van der Waals surface area contributed by atoms with Gasteiger partial charge < -0.3 is 5.32 Å². The molecule has 3 nitrogen and oxygen atoms in total. The van der Waals surface area contributed by atoms with Gasteiger partial charge in [-0.05, 0) is 12.5 Å². The summed E-state index contributed by atoms with van der Waals surface area (Å²) in [6.07, 6.45) is 1.45. The van der Waals surface area contributed by atoms with Gasteiger partial charge in [-0.2, -0.15) is 0 Å². The van der Waals surface area contributed by atoms with Crippen LogP contribution in [0.4, 0.5) is 5.82 Å². The van der Waals surface area contributed by atoms with Gasteiger partial charge in [-0.25, -0.2) is 9.97 Å². The summed E-state index contributed by atoms with van der Waals surface area (Å²) in [5, 5.41) is 3.71.